The predicted molar refractivity (Wildman–Crippen MR) is 80.9 cm³/mol. The molecule has 0 amide bonds. The summed E-state index contributed by atoms with van der Waals surface area (Å²) in [6.45, 7) is 0.0383. The van der Waals surface area contributed by atoms with E-state index in [9.17, 15) is 5.11 Å². The van der Waals surface area contributed by atoms with Gasteiger partial charge in [-0.2, -0.15) is 0 Å². The largest absolute Gasteiger partial charge is 0.394 e. The summed E-state index contributed by atoms with van der Waals surface area (Å²) in [6, 6.07) is 5.91. The van der Waals surface area contributed by atoms with Gasteiger partial charge in [0, 0.05) is 6.04 Å². The Kier molecular flexibility index (Phi) is 5.96. The maximum atomic E-state index is 9.63. The lowest BCUT2D eigenvalue weighted by atomic mass is 10.0. The zero-order valence-corrected chi connectivity index (χ0v) is 12.6. The van der Waals surface area contributed by atoms with E-state index in [1.54, 1.807) is 6.07 Å². The fourth-order valence-electron chi connectivity index (χ4n) is 2.76. The van der Waals surface area contributed by atoms with Crippen molar-refractivity contribution in [2.45, 2.75) is 50.6 Å². The van der Waals surface area contributed by atoms with Gasteiger partial charge in [-0.1, -0.05) is 61.0 Å². The van der Waals surface area contributed by atoms with E-state index in [1.807, 2.05) is 12.1 Å². The van der Waals surface area contributed by atoms with Gasteiger partial charge in [0.05, 0.1) is 22.7 Å². The second kappa shape index (κ2) is 7.49. The molecule has 1 aromatic carbocycles. The number of hydrogen-bond donors (Lipinski definition) is 2. The van der Waals surface area contributed by atoms with Crippen molar-refractivity contribution in [1.29, 1.82) is 0 Å². The summed E-state index contributed by atoms with van der Waals surface area (Å²) in [4.78, 5) is 0. The monoisotopic (exact) mass is 301 g/mol. The summed E-state index contributed by atoms with van der Waals surface area (Å²) in [7, 11) is 0. The van der Waals surface area contributed by atoms with Gasteiger partial charge in [0.15, 0.2) is 0 Å². The Morgan fingerprint density at radius 2 is 1.84 bits per heavy atom. The molecule has 2 rings (SSSR count). The highest BCUT2D eigenvalue weighted by atomic mass is 35.5. The van der Waals surface area contributed by atoms with E-state index in [1.165, 1.54) is 38.5 Å². The van der Waals surface area contributed by atoms with E-state index in [0.29, 0.717) is 16.1 Å². The Hall–Kier alpha value is -0.280. The van der Waals surface area contributed by atoms with Gasteiger partial charge in [-0.15, -0.1) is 0 Å². The molecule has 2 nitrogen and oxygen atoms in total. The highest BCUT2D eigenvalue weighted by Gasteiger charge is 2.20. The number of nitrogens with one attached hydrogen (secondary N) is 1. The van der Waals surface area contributed by atoms with Gasteiger partial charge >= 0.3 is 0 Å². The third-order valence-corrected chi connectivity index (χ3v) is 4.67. The molecule has 1 unspecified atom stereocenters. The first-order chi connectivity index (χ1) is 9.22. The van der Waals surface area contributed by atoms with Crippen LogP contribution in [0.2, 0.25) is 10.0 Å². The summed E-state index contributed by atoms with van der Waals surface area (Å²) in [6.07, 6.45) is 7.52. The Morgan fingerprint density at radius 1 is 1.16 bits per heavy atom. The molecule has 0 heterocycles. The number of benzene rings is 1. The van der Waals surface area contributed by atoms with Crippen LogP contribution in [0, 0.1) is 0 Å². The number of aliphatic hydroxyl groups excluding tert-OH is 1. The van der Waals surface area contributed by atoms with E-state index in [4.69, 9.17) is 23.2 Å². The molecule has 2 N–H and O–H groups in total. The van der Waals surface area contributed by atoms with E-state index < -0.39 is 0 Å². The van der Waals surface area contributed by atoms with Crippen LogP contribution in [0.4, 0.5) is 0 Å². The molecular weight excluding hydrogens is 281 g/mol. The normalized spacial score (nSPS) is 19.1. The molecule has 1 aliphatic rings. The van der Waals surface area contributed by atoms with Crippen LogP contribution in [0.1, 0.15) is 50.1 Å². The molecule has 1 aromatic rings. The van der Waals surface area contributed by atoms with Crippen molar-refractivity contribution in [1.82, 2.24) is 5.32 Å². The van der Waals surface area contributed by atoms with E-state index in [-0.39, 0.29) is 12.6 Å². The lowest BCUT2D eigenvalue weighted by Crippen LogP contribution is -2.34. The van der Waals surface area contributed by atoms with Gasteiger partial charge in [0.1, 0.15) is 0 Å². The summed E-state index contributed by atoms with van der Waals surface area (Å²) < 4.78 is 0. The zero-order valence-electron chi connectivity index (χ0n) is 11.0. The summed E-state index contributed by atoms with van der Waals surface area (Å²) in [5, 5.41) is 14.3. The Labute approximate surface area is 125 Å². The van der Waals surface area contributed by atoms with Crippen LogP contribution >= 0.6 is 23.2 Å². The van der Waals surface area contributed by atoms with Crippen molar-refractivity contribution in [2.24, 2.45) is 0 Å². The number of rotatable bonds is 4. The topological polar surface area (TPSA) is 32.3 Å². The number of hydrogen-bond acceptors (Lipinski definition) is 2. The highest BCUT2D eigenvalue weighted by molar-refractivity contribution is 6.42. The Morgan fingerprint density at radius 3 is 2.47 bits per heavy atom. The Bertz CT molecular complexity index is 403. The molecule has 0 aliphatic heterocycles. The fourth-order valence-corrected chi connectivity index (χ4v) is 3.20. The molecule has 1 fully saturated rings. The van der Waals surface area contributed by atoms with Gasteiger partial charge in [-0.05, 0) is 24.5 Å². The van der Waals surface area contributed by atoms with Gasteiger partial charge in [-0.3, -0.25) is 0 Å². The maximum absolute atomic E-state index is 9.63. The van der Waals surface area contributed by atoms with Crippen LogP contribution in [0.5, 0.6) is 0 Å². The van der Waals surface area contributed by atoms with Crippen molar-refractivity contribution < 1.29 is 5.11 Å². The zero-order chi connectivity index (χ0) is 13.7. The second-order valence-electron chi connectivity index (χ2n) is 5.23. The first kappa shape index (κ1) is 15.1. The molecule has 106 valence electrons. The van der Waals surface area contributed by atoms with E-state index in [0.717, 1.165) is 5.56 Å². The molecule has 1 aliphatic carbocycles. The first-order valence-electron chi connectivity index (χ1n) is 7.03. The lowest BCUT2D eigenvalue weighted by molar-refractivity contribution is 0.228. The molecular formula is C15H21Cl2NO. The first-order valence-corrected chi connectivity index (χ1v) is 7.78. The molecule has 0 spiro atoms. The van der Waals surface area contributed by atoms with Gasteiger partial charge in [0.2, 0.25) is 0 Å². The van der Waals surface area contributed by atoms with Crippen LogP contribution in [-0.4, -0.2) is 17.8 Å². The maximum Gasteiger partial charge on any atom is 0.0640 e. The summed E-state index contributed by atoms with van der Waals surface area (Å²) >= 11 is 12.3. The third-order valence-electron chi connectivity index (χ3n) is 3.83. The van der Waals surface area contributed by atoms with E-state index in [2.05, 4.69) is 5.32 Å². The average molecular weight is 302 g/mol. The van der Waals surface area contributed by atoms with Crippen LogP contribution in [0.3, 0.4) is 0 Å². The minimum Gasteiger partial charge on any atom is -0.394 e. The second-order valence-corrected chi connectivity index (χ2v) is 6.02. The van der Waals surface area contributed by atoms with Gasteiger partial charge in [-0.25, -0.2) is 0 Å². The quantitative estimate of drug-likeness (QED) is 0.811. The summed E-state index contributed by atoms with van der Waals surface area (Å²) in [5.74, 6) is 0. The predicted octanol–water partition coefficient (Wildman–Crippen LogP) is 4.34. The van der Waals surface area contributed by atoms with Gasteiger partial charge < -0.3 is 10.4 Å². The number of aliphatic hydroxyl groups is 1. The van der Waals surface area contributed by atoms with Crippen molar-refractivity contribution >= 4 is 23.2 Å². The van der Waals surface area contributed by atoms with E-state index >= 15 is 0 Å². The van der Waals surface area contributed by atoms with Crippen LogP contribution in [0.25, 0.3) is 0 Å². The van der Waals surface area contributed by atoms with Crippen molar-refractivity contribution in [3.8, 4) is 0 Å². The minimum absolute atomic E-state index is 0.0383. The SMILES string of the molecule is OCC(NC1CCCCCC1)c1cccc(Cl)c1Cl. The Balaban J connectivity index is 2.08. The van der Waals surface area contributed by atoms with Crippen LogP contribution in [0.15, 0.2) is 18.2 Å². The standard InChI is InChI=1S/C15H21Cl2NO/c16-13-9-5-8-12(15(13)17)14(10-19)18-11-6-3-1-2-4-7-11/h5,8-9,11,14,18-19H,1-4,6-7,10H2. The van der Waals surface area contributed by atoms with Crippen LogP contribution < -0.4 is 5.32 Å². The molecule has 0 bridgehead atoms. The van der Waals surface area contributed by atoms with Crippen molar-refractivity contribution in [3.05, 3.63) is 33.8 Å². The minimum atomic E-state index is -0.130. The lowest BCUT2D eigenvalue weighted by Gasteiger charge is -2.24. The summed E-state index contributed by atoms with van der Waals surface area (Å²) in [5.41, 5.74) is 0.890. The van der Waals surface area contributed by atoms with Crippen LogP contribution in [-0.2, 0) is 0 Å². The molecule has 4 heteroatoms. The molecule has 1 atom stereocenters. The molecule has 19 heavy (non-hydrogen) atoms. The molecule has 0 radical (unpaired) electrons. The van der Waals surface area contributed by atoms with Crippen molar-refractivity contribution in [3.63, 3.8) is 0 Å². The fraction of sp³-hybridized carbons (Fsp3) is 0.600. The third kappa shape index (κ3) is 4.09. The number of halogens is 2. The molecule has 0 saturated heterocycles. The van der Waals surface area contributed by atoms with Gasteiger partial charge in [0.25, 0.3) is 0 Å². The average Bonchev–Trinajstić information content (AvgIpc) is 2.68. The van der Waals surface area contributed by atoms with Crippen molar-refractivity contribution in [2.75, 3.05) is 6.61 Å². The molecule has 0 aromatic heterocycles. The smallest absolute Gasteiger partial charge is 0.0640 e. The molecule has 1 saturated carbocycles. The highest BCUT2D eigenvalue weighted by Crippen LogP contribution is 2.31.